The first kappa shape index (κ1) is 13.7. The molecule has 1 aliphatic rings. The van der Waals surface area contributed by atoms with E-state index in [4.69, 9.17) is 4.52 Å². The van der Waals surface area contributed by atoms with Gasteiger partial charge in [0.15, 0.2) is 0 Å². The molecule has 1 atom stereocenters. The maximum Gasteiger partial charge on any atom is 0.234 e. The first-order chi connectivity index (χ1) is 9.64. The van der Waals surface area contributed by atoms with Crippen LogP contribution < -0.4 is 5.32 Å². The predicted molar refractivity (Wildman–Crippen MR) is 76.8 cm³/mol. The number of hydrogen-bond acceptors (Lipinski definition) is 4. The van der Waals surface area contributed by atoms with E-state index in [1.54, 1.807) is 6.07 Å². The van der Waals surface area contributed by atoms with Crippen molar-refractivity contribution in [3.05, 3.63) is 34.4 Å². The largest absolute Gasteiger partial charge is 0.338 e. The SMILES string of the molecule is CCC1(c2nc(-c3ccc(F)cc3Br)no2)CCNC1. The molecule has 0 aliphatic carbocycles. The molecule has 3 rings (SSSR count). The minimum Gasteiger partial charge on any atom is -0.338 e. The van der Waals surface area contributed by atoms with E-state index in [-0.39, 0.29) is 11.2 Å². The summed E-state index contributed by atoms with van der Waals surface area (Å²) >= 11 is 3.33. The predicted octanol–water partition coefficient (Wildman–Crippen LogP) is 3.28. The van der Waals surface area contributed by atoms with Gasteiger partial charge < -0.3 is 9.84 Å². The fourth-order valence-electron chi connectivity index (χ4n) is 2.60. The lowest BCUT2D eigenvalue weighted by Crippen LogP contribution is -2.28. The van der Waals surface area contributed by atoms with Crippen molar-refractivity contribution in [3.8, 4) is 11.4 Å². The molecule has 0 saturated carbocycles. The van der Waals surface area contributed by atoms with Crippen LogP contribution in [0.4, 0.5) is 4.39 Å². The smallest absolute Gasteiger partial charge is 0.234 e. The summed E-state index contributed by atoms with van der Waals surface area (Å²) in [5, 5.41) is 7.39. The minimum absolute atomic E-state index is 0.0717. The summed E-state index contributed by atoms with van der Waals surface area (Å²) in [6.07, 6.45) is 1.95. The third kappa shape index (κ3) is 2.27. The van der Waals surface area contributed by atoms with Crippen LogP contribution in [0.5, 0.6) is 0 Å². The molecule has 4 nitrogen and oxygen atoms in total. The van der Waals surface area contributed by atoms with Crippen molar-refractivity contribution in [2.75, 3.05) is 13.1 Å². The normalized spacial score (nSPS) is 22.4. The van der Waals surface area contributed by atoms with E-state index in [0.717, 1.165) is 31.5 Å². The van der Waals surface area contributed by atoms with Crippen molar-refractivity contribution in [3.63, 3.8) is 0 Å². The number of rotatable bonds is 3. The summed E-state index contributed by atoms with van der Waals surface area (Å²) in [6.45, 7) is 3.95. The molecule has 1 aromatic heterocycles. The van der Waals surface area contributed by atoms with Crippen molar-refractivity contribution in [2.45, 2.75) is 25.2 Å². The molecule has 0 radical (unpaired) electrons. The molecule has 2 aromatic rings. The molecular weight excluding hydrogens is 325 g/mol. The van der Waals surface area contributed by atoms with Gasteiger partial charge in [-0.2, -0.15) is 4.98 Å². The molecule has 1 N–H and O–H groups in total. The van der Waals surface area contributed by atoms with Crippen molar-refractivity contribution >= 4 is 15.9 Å². The summed E-state index contributed by atoms with van der Waals surface area (Å²) < 4.78 is 19.2. The van der Waals surface area contributed by atoms with Crippen LogP contribution in [0, 0.1) is 5.82 Å². The highest BCUT2D eigenvalue weighted by Gasteiger charge is 2.39. The molecule has 0 bridgehead atoms. The Balaban J connectivity index is 1.97. The number of nitrogens with zero attached hydrogens (tertiary/aromatic N) is 2. The molecular formula is C14H15BrFN3O. The van der Waals surface area contributed by atoms with E-state index < -0.39 is 0 Å². The fraction of sp³-hybridized carbons (Fsp3) is 0.429. The van der Waals surface area contributed by atoms with Crippen LogP contribution in [0.1, 0.15) is 25.7 Å². The summed E-state index contributed by atoms with van der Waals surface area (Å²) in [5.41, 5.74) is 0.663. The maximum atomic E-state index is 13.1. The number of aromatic nitrogens is 2. The maximum absolute atomic E-state index is 13.1. The Hall–Kier alpha value is -1.27. The average Bonchev–Trinajstić information content (AvgIpc) is 3.08. The molecule has 0 amide bonds. The second kappa shape index (κ2) is 5.26. The molecule has 20 heavy (non-hydrogen) atoms. The average molecular weight is 340 g/mol. The highest BCUT2D eigenvalue weighted by atomic mass is 79.9. The third-order valence-electron chi connectivity index (χ3n) is 3.97. The summed E-state index contributed by atoms with van der Waals surface area (Å²) in [6, 6.07) is 4.44. The third-order valence-corrected chi connectivity index (χ3v) is 4.63. The monoisotopic (exact) mass is 339 g/mol. The summed E-state index contributed by atoms with van der Waals surface area (Å²) in [7, 11) is 0. The first-order valence-electron chi connectivity index (χ1n) is 6.65. The van der Waals surface area contributed by atoms with Gasteiger partial charge in [0, 0.05) is 16.6 Å². The van der Waals surface area contributed by atoms with Gasteiger partial charge in [-0.3, -0.25) is 0 Å². The number of nitrogens with one attached hydrogen (secondary N) is 1. The Kier molecular flexibility index (Phi) is 3.60. The first-order valence-corrected chi connectivity index (χ1v) is 7.44. The zero-order chi connectivity index (χ0) is 14.2. The lowest BCUT2D eigenvalue weighted by Gasteiger charge is -2.20. The van der Waals surface area contributed by atoms with Crippen molar-refractivity contribution in [1.82, 2.24) is 15.5 Å². The second-order valence-electron chi connectivity index (χ2n) is 5.11. The number of hydrogen-bond donors (Lipinski definition) is 1. The van der Waals surface area contributed by atoms with E-state index in [2.05, 4.69) is 38.3 Å². The topological polar surface area (TPSA) is 51.0 Å². The van der Waals surface area contributed by atoms with E-state index >= 15 is 0 Å². The van der Waals surface area contributed by atoms with E-state index in [1.165, 1.54) is 12.1 Å². The minimum atomic E-state index is -0.297. The Morgan fingerprint density at radius 2 is 2.35 bits per heavy atom. The fourth-order valence-corrected chi connectivity index (χ4v) is 3.13. The van der Waals surface area contributed by atoms with Crippen LogP contribution in [-0.4, -0.2) is 23.2 Å². The van der Waals surface area contributed by atoms with Gasteiger partial charge in [0.25, 0.3) is 0 Å². The summed E-state index contributed by atoms with van der Waals surface area (Å²) in [5.74, 6) is 0.859. The molecule has 6 heteroatoms. The van der Waals surface area contributed by atoms with Gasteiger partial charge in [-0.25, -0.2) is 4.39 Å². The van der Waals surface area contributed by atoms with Gasteiger partial charge in [0.1, 0.15) is 5.82 Å². The van der Waals surface area contributed by atoms with Gasteiger partial charge in [-0.1, -0.05) is 12.1 Å². The highest BCUT2D eigenvalue weighted by molar-refractivity contribution is 9.10. The van der Waals surface area contributed by atoms with E-state index in [9.17, 15) is 4.39 Å². The number of benzene rings is 1. The van der Waals surface area contributed by atoms with Gasteiger partial charge in [-0.15, -0.1) is 0 Å². The molecule has 1 aliphatic heterocycles. The molecule has 1 saturated heterocycles. The van der Waals surface area contributed by atoms with Crippen molar-refractivity contribution in [1.29, 1.82) is 0 Å². The van der Waals surface area contributed by atoms with Gasteiger partial charge in [0.2, 0.25) is 11.7 Å². The highest BCUT2D eigenvalue weighted by Crippen LogP contribution is 2.35. The molecule has 0 spiro atoms. The van der Waals surface area contributed by atoms with Crippen LogP contribution in [-0.2, 0) is 5.41 Å². The van der Waals surface area contributed by atoms with Crippen molar-refractivity contribution < 1.29 is 8.91 Å². The molecule has 1 aromatic carbocycles. The molecule has 1 fully saturated rings. The zero-order valence-electron chi connectivity index (χ0n) is 11.1. The Morgan fingerprint density at radius 3 is 3.00 bits per heavy atom. The zero-order valence-corrected chi connectivity index (χ0v) is 12.7. The van der Waals surface area contributed by atoms with Gasteiger partial charge in [-0.05, 0) is 53.5 Å². The van der Waals surface area contributed by atoms with Gasteiger partial charge >= 0.3 is 0 Å². The van der Waals surface area contributed by atoms with Crippen LogP contribution >= 0.6 is 15.9 Å². The molecule has 106 valence electrons. The number of halogens is 2. The van der Waals surface area contributed by atoms with Crippen LogP contribution in [0.25, 0.3) is 11.4 Å². The Labute approximate surface area is 124 Å². The molecule has 2 heterocycles. The Morgan fingerprint density at radius 1 is 1.50 bits per heavy atom. The van der Waals surface area contributed by atoms with Crippen LogP contribution in [0.2, 0.25) is 0 Å². The second-order valence-corrected chi connectivity index (χ2v) is 5.96. The quantitative estimate of drug-likeness (QED) is 0.932. The van der Waals surface area contributed by atoms with Crippen LogP contribution in [0.3, 0.4) is 0 Å². The van der Waals surface area contributed by atoms with Crippen LogP contribution in [0.15, 0.2) is 27.2 Å². The molecule has 1 unspecified atom stereocenters. The van der Waals surface area contributed by atoms with E-state index in [0.29, 0.717) is 16.2 Å². The lowest BCUT2D eigenvalue weighted by molar-refractivity contribution is 0.285. The lowest BCUT2D eigenvalue weighted by atomic mass is 9.84. The van der Waals surface area contributed by atoms with Gasteiger partial charge in [0.05, 0.1) is 5.41 Å². The standard InChI is InChI=1S/C14H15BrFN3O/c1-2-14(5-6-17-8-14)13-18-12(19-20-13)10-4-3-9(16)7-11(10)15/h3-4,7,17H,2,5-6,8H2,1H3. The summed E-state index contributed by atoms with van der Waals surface area (Å²) in [4.78, 5) is 4.53. The van der Waals surface area contributed by atoms with Crippen molar-refractivity contribution in [2.24, 2.45) is 0 Å². The Bertz CT molecular complexity index is 623. The van der Waals surface area contributed by atoms with E-state index in [1.807, 2.05) is 0 Å².